The summed E-state index contributed by atoms with van der Waals surface area (Å²) in [6.45, 7) is 10.9. The lowest BCUT2D eigenvalue weighted by Gasteiger charge is -2.33. The standard InChI is InChI=1S/C16H31N3O2/c1-12(18-15(20)21-16(2,3)4)11-17-13-8-10-19-9-6-5-7-14(13)19/h12-14,17H,5-11H2,1-4H3,(H,18,20). The van der Waals surface area contributed by atoms with Crippen molar-refractivity contribution in [1.29, 1.82) is 0 Å². The Kier molecular flexibility index (Phi) is 5.49. The van der Waals surface area contributed by atoms with Gasteiger partial charge in [-0.15, -0.1) is 0 Å². The third-order valence-corrected chi connectivity index (χ3v) is 4.31. The minimum absolute atomic E-state index is 0.0810. The van der Waals surface area contributed by atoms with Crippen LogP contribution in [-0.4, -0.2) is 54.4 Å². The summed E-state index contributed by atoms with van der Waals surface area (Å²) >= 11 is 0. The molecule has 21 heavy (non-hydrogen) atoms. The third kappa shape index (κ3) is 5.15. The third-order valence-electron chi connectivity index (χ3n) is 4.31. The molecular weight excluding hydrogens is 266 g/mol. The largest absolute Gasteiger partial charge is 0.444 e. The van der Waals surface area contributed by atoms with E-state index in [0.717, 1.165) is 6.54 Å². The normalized spacial score (nSPS) is 28.0. The second-order valence-electron chi connectivity index (χ2n) is 7.45. The first kappa shape index (κ1) is 16.6. The fourth-order valence-corrected chi connectivity index (χ4v) is 3.37. The van der Waals surface area contributed by atoms with E-state index in [0.29, 0.717) is 12.1 Å². The Bertz CT molecular complexity index is 354. The Morgan fingerprint density at radius 3 is 2.76 bits per heavy atom. The van der Waals surface area contributed by atoms with Gasteiger partial charge in [-0.1, -0.05) is 6.42 Å². The lowest BCUT2D eigenvalue weighted by Crippen LogP contribution is -2.49. The number of hydrogen-bond acceptors (Lipinski definition) is 4. The zero-order valence-electron chi connectivity index (χ0n) is 13.9. The van der Waals surface area contributed by atoms with Crippen LogP contribution >= 0.6 is 0 Å². The zero-order valence-corrected chi connectivity index (χ0v) is 13.9. The maximum absolute atomic E-state index is 11.7. The second kappa shape index (κ2) is 6.97. The van der Waals surface area contributed by atoms with Gasteiger partial charge < -0.3 is 15.4 Å². The molecule has 2 aliphatic rings. The summed E-state index contributed by atoms with van der Waals surface area (Å²) in [5.74, 6) is 0. The van der Waals surface area contributed by atoms with Gasteiger partial charge in [-0.25, -0.2) is 4.79 Å². The molecule has 0 saturated carbocycles. The number of ether oxygens (including phenoxy) is 1. The van der Waals surface area contributed by atoms with Crippen molar-refractivity contribution in [3.05, 3.63) is 0 Å². The van der Waals surface area contributed by atoms with E-state index in [2.05, 4.69) is 15.5 Å². The molecule has 3 unspecified atom stereocenters. The lowest BCUT2D eigenvalue weighted by atomic mass is 9.99. The number of piperidine rings is 1. The molecule has 5 heteroatoms. The van der Waals surface area contributed by atoms with Crippen LogP contribution in [-0.2, 0) is 4.74 Å². The fourth-order valence-electron chi connectivity index (χ4n) is 3.37. The van der Waals surface area contributed by atoms with Crippen LogP contribution in [0.5, 0.6) is 0 Å². The van der Waals surface area contributed by atoms with Crippen molar-refractivity contribution in [3.63, 3.8) is 0 Å². The first-order chi connectivity index (χ1) is 9.85. The molecule has 0 aromatic rings. The highest BCUT2D eigenvalue weighted by molar-refractivity contribution is 5.68. The highest BCUT2D eigenvalue weighted by atomic mass is 16.6. The summed E-state index contributed by atoms with van der Waals surface area (Å²) in [6.07, 6.45) is 4.91. The van der Waals surface area contributed by atoms with Crippen LogP contribution in [0.15, 0.2) is 0 Å². The number of hydrogen-bond donors (Lipinski definition) is 2. The van der Waals surface area contributed by atoms with Gasteiger partial charge in [0.1, 0.15) is 5.60 Å². The van der Waals surface area contributed by atoms with Crippen molar-refractivity contribution in [2.24, 2.45) is 0 Å². The minimum Gasteiger partial charge on any atom is -0.444 e. The highest BCUT2D eigenvalue weighted by Gasteiger charge is 2.35. The Hall–Kier alpha value is -0.810. The van der Waals surface area contributed by atoms with E-state index < -0.39 is 5.60 Å². The van der Waals surface area contributed by atoms with Crippen LogP contribution in [0.4, 0.5) is 4.79 Å². The number of amides is 1. The van der Waals surface area contributed by atoms with Crippen LogP contribution in [0.1, 0.15) is 53.4 Å². The van der Waals surface area contributed by atoms with Crippen molar-refractivity contribution >= 4 is 6.09 Å². The van der Waals surface area contributed by atoms with Gasteiger partial charge in [0.2, 0.25) is 0 Å². The number of carbonyl (C=O) groups excluding carboxylic acids is 1. The van der Waals surface area contributed by atoms with Crippen LogP contribution < -0.4 is 10.6 Å². The average Bonchev–Trinajstić information content (AvgIpc) is 2.77. The molecular formula is C16H31N3O2. The number of rotatable bonds is 4. The minimum atomic E-state index is -0.439. The summed E-state index contributed by atoms with van der Waals surface area (Å²) in [7, 11) is 0. The summed E-state index contributed by atoms with van der Waals surface area (Å²) in [5.41, 5.74) is -0.439. The molecule has 2 fully saturated rings. The molecule has 0 aliphatic carbocycles. The summed E-state index contributed by atoms with van der Waals surface area (Å²) in [4.78, 5) is 14.3. The molecule has 122 valence electrons. The van der Waals surface area contributed by atoms with E-state index in [1.807, 2.05) is 27.7 Å². The Morgan fingerprint density at radius 1 is 1.29 bits per heavy atom. The molecule has 2 saturated heterocycles. The van der Waals surface area contributed by atoms with Crippen LogP contribution in [0.25, 0.3) is 0 Å². The first-order valence-corrected chi connectivity index (χ1v) is 8.32. The first-order valence-electron chi connectivity index (χ1n) is 8.32. The number of carbonyl (C=O) groups is 1. The molecule has 0 bridgehead atoms. The predicted octanol–water partition coefficient (Wildman–Crippen LogP) is 2.12. The fraction of sp³-hybridized carbons (Fsp3) is 0.938. The van der Waals surface area contributed by atoms with E-state index in [-0.39, 0.29) is 12.1 Å². The molecule has 0 aromatic carbocycles. The predicted molar refractivity (Wildman–Crippen MR) is 84.5 cm³/mol. The molecule has 2 aliphatic heterocycles. The topological polar surface area (TPSA) is 53.6 Å². The maximum atomic E-state index is 11.7. The molecule has 0 spiro atoms. The van der Waals surface area contributed by atoms with Crippen LogP contribution in [0.2, 0.25) is 0 Å². The van der Waals surface area contributed by atoms with Gasteiger partial charge in [-0.05, 0) is 53.5 Å². The summed E-state index contributed by atoms with van der Waals surface area (Å²) in [5, 5.41) is 6.53. The quantitative estimate of drug-likeness (QED) is 0.834. The molecule has 3 atom stereocenters. The van der Waals surface area contributed by atoms with Gasteiger partial charge in [0.25, 0.3) is 0 Å². The second-order valence-corrected chi connectivity index (χ2v) is 7.45. The van der Waals surface area contributed by atoms with E-state index in [4.69, 9.17) is 4.74 Å². The average molecular weight is 297 g/mol. The molecule has 0 aromatic heterocycles. The zero-order chi connectivity index (χ0) is 15.5. The van der Waals surface area contributed by atoms with Gasteiger partial charge in [-0.3, -0.25) is 4.90 Å². The van der Waals surface area contributed by atoms with Crippen molar-refractivity contribution in [2.45, 2.75) is 77.1 Å². The van der Waals surface area contributed by atoms with Crippen molar-refractivity contribution in [3.8, 4) is 0 Å². The Morgan fingerprint density at radius 2 is 2.05 bits per heavy atom. The number of nitrogens with one attached hydrogen (secondary N) is 2. The Balaban J connectivity index is 1.69. The van der Waals surface area contributed by atoms with Crippen molar-refractivity contribution in [1.82, 2.24) is 15.5 Å². The van der Waals surface area contributed by atoms with Crippen molar-refractivity contribution < 1.29 is 9.53 Å². The number of nitrogens with zero attached hydrogens (tertiary/aromatic N) is 1. The van der Waals surface area contributed by atoms with Crippen LogP contribution in [0, 0.1) is 0 Å². The van der Waals surface area contributed by atoms with Crippen LogP contribution in [0.3, 0.4) is 0 Å². The van der Waals surface area contributed by atoms with E-state index >= 15 is 0 Å². The number of alkyl carbamates (subject to hydrolysis) is 1. The molecule has 0 radical (unpaired) electrons. The smallest absolute Gasteiger partial charge is 0.407 e. The molecule has 5 nitrogen and oxygen atoms in total. The molecule has 1 amide bonds. The Labute approximate surface area is 128 Å². The number of fused-ring (bicyclic) bond motifs is 1. The summed E-state index contributed by atoms with van der Waals surface area (Å²) < 4.78 is 5.28. The van der Waals surface area contributed by atoms with Crippen molar-refractivity contribution in [2.75, 3.05) is 19.6 Å². The van der Waals surface area contributed by atoms with Gasteiger partial charge in [-0.2, -0.15) is 0 Å². The maximum Gasteiger partial charge on any atom is 0.407 e. The molecule has 2 N–H and O–H groups in total. The molecule has 2 heterocycles. The van der Waals surface area contributed by atoms with Gasteiger partial charge >= 0.3 is 6.09 Å². The van der Waals surface area contributed by atoms with Gasteiger partial charge in [0, 0.05) is 31.2 Å². The summed E-state index contributed by atoms with van der Waals surface area (Å²) in [6, 6.07) is 1.36. The lowest BCUT2D eigenvalue weighted by molar-refractivity contribution is 0.0507. The van der Waals surface area contributed by atoms with Gasteiger partial charge in [0.05, 0.1) is 0 Å². The van der Waals surface area contributed by atoms with E-state index in [9.17, 15) is 4.79 Å². The monoisotopic (exact) mass is 297 g/mol. The van der Waals surface area contributed by atoms with Gasteiger partial charge in [0.15, 0.2) is 0 Å². The highest BCUT2D eigenvalue weighted by Crippen LogP contribution is 2.26. The molecule has 2 rings (SSSR count). The van der Waals surface area contributed by atoms with E-state index in [1.54, 1.807) is 0 Å². The SMILES string of the molecule is CC(CNC1CCN2CCCCC12)NC(=O)OC(C)(C)C. The van der Waals surface area contributed by atoms with E-state index in [1.165, 1.54) is 38.8 Å².